The maximum absolute atomic E-state index is 11.3. The van der Waals surface area contributed by atoms with Gasteiger partial charge in [-0.1, -0.05) is 11.3 Å². The number of nitrogens with zero attached hydrogens (tertiary/aromatic N) is 1. The third-order valence-corrected chi connectivity index (χ3v) is 3.49. The molecule has 1 aliphatic carbocycles. The fraction of sp³-hybridized carbons (Fsp3) is 0.600. The molecule has 1 unspecified atom stereocenters. The van der Waals surface area contributed by atoms with Crippen molar-refractivity contribution in [3.8, 4) is 0 Å². The summed E-state index contributed by atoms with van der Waals surface area (Å²) in [6.07, 6.45) is 5.41. The van der Waals surface area contributed by atoms with Crippen LogP contribution in [0, 0.1) is 5.92 Å². The second-order valence-electron chi connectivity index (χ2n) is 3.71. The summed E-state index contributed by atoms with van der Waals surface area (Å²) in [5.41, 5.74) is 0. The van der Waals surface area contributed by atoms with Gasteiger partial charge < -0.3 is 4.57 Å². The van der Waals surface area contributed by atoms with Crippen LogP contribution < -0.4 is 4.87 Å². The van der Waals surface area contributed by atoms with E-state index >= 15 is 0 Å². The molecule has 3 nitrogen and oxygen atoms in total. The van der Waals surface area contributed by atoms with E-state index in [1.165, 1.54) is 11.3 Å². The molecule has 0 spiro atoms. The molecule has 1 aromatic rings. The smallest absolute Gasteiger partial charge is 0.306 e. The lowest BCUT2D eigenvalue weighted by molar-refractivity contribution is -0.120. The van der Waals surface area contributed by atoms with E-state index < -0.39 is 0 Å². The van der Waals surface area contributed by atoms with Gasteiger partial charge in [0, 0.05) is 30.5 Å². The third kappa shape index (κ3) is 1.95. The number of thiazole rings is 1. The summed E-state index contributed by atoms with van der Waals surface area (Å²) in [6, 6.07) is 0. The van der Waals surface area contributed by atoms with Crippen molar-refractivity contribution in [3.63, 3.8) is 0 Å². The van der Waals surface area contributed by atoms with Crippen LogP contribution in [0.2, 0.25) is 0 Å². The maximum atomic E-state index is 11.3. The van der Waals surface area contributed by atoms with Gasteiger partial charge in [0.1, 0.15) is 5.78 Å². The molecule has 1 atom stereocenters. The minimum absolute atomic E-state index is 0.0791. The van der Waals surface area contributed by atoms with E-state index in [9.17, 15) is 9.59 Å². The summed E-state index contributed by atoms with van der Waals surface area (Å²) in [7, 11) is 0. The Morgan fingerprint density at radius 1 is 1.50 bits per heavy atom. The number of carbonyl (C=O) groups is 1. The van der Waals surface area contributed by atoms with Gasteiger partial charge in [-0.15, -0.1) is 0 Å². The molecular weight excluding hydrogens is 198 g/mol. The Morgan fingerprint density at radius 3 is 2.93 bits per heavy atom. The Kier molecular flexibility index (Phi) is 2.82. The number of Topliss-reactive ketones (excluding diaryl/α,β-unsaturated/α-hetero) is 1. The van der Waals surface area contributed by atoms with Crippen molar-refractivity contribution in [2.75, 3.05) is 0 Å². The minimum Gasteiger partial charge on any atom is -0.306 e. The molecule has 1 aliphatic rings. The molecule has 1 saturated carbocycles. The van der Waals surface area contributed by atoms with Crippen molar-refractivity contribution < 1.29 is 4.79 Å². The van der Waals surface area contributed by atoms with Crippen LogP contribution in [0.15, 0.2) is 16.4 Å². The van der Waals surface area contributed by atoms with Crippen LogP contribution in [0.3, 0.4) is 0 Å². The van der Waals surface area contributed by atoms with Crippen LogP contribution in [0.25, 0.3) is 0 Å². The molecule has 0 N–H and O–H groups in total. The summed E-state index contributed by atoms with van der Waals surface area (Å²) < 4.78 is 1.69. The van der Waals surface area contributed by atoms with Crippen molar-refractivity contribution >= 4 is 17.1 Å². The molecule has 4 heteroatoms. The quantitative estimate of drug-likeness (QED) is 0.763. The van der Waals surface area contributed by atoms with Gasteiger partial charge in [0.15, 0.2) is 0 Å². The van der Waals surface area contributed by atoms with E-state index in [2.05, 4.69) is 0 Å². The summed E-state index contributed by atoms with van der Waals surface area (Å²) in [5, 5.41) is 1.79. The molecule has 0 aliphatic heterocycles. The normalized spacial score (nSPS) is 21.7. The van der Waals surface area contributed by atoms with Gasteiger partial charge in [-0.3, -0.25) is 9.59 Å². The van der Waals surface area contributed by atoms with Crippen molar-refractivity contribution in [1.82, 2.24) is 4.57 Å². The Bertz CT molecular complexity index is 379. The molecule has 1 heterocycles. The van der Waals surface area contributed by atoms with E-state index in [0.717, 1.165) is 25.7 Å². The Balaban J connectivity index is 1.91. The lowest BCUT2D eigenvalue weighted by Gasteiger charge is -2.06. The summed E-state index contributed by atoms with van der Waals surface area (Å²) in [5.74, 6) is 0.593. The van der Waals surface area contributed by atoms with Crippen LogP contribution in [0.5, 0.6) is 0 Å². The number of hydrogen-bond donors (Lipinski definition) is 0. The molecule has 0 amide bonds. The summed E-state index contributed by atoms with van der Waals surface area (Å²) in [4.78, 5) is 22.6. The van der Waals surface area contributed by atoms with Crippen molar-refractivity contribution in [3.05, 3.63) is 21.2 Å². The zero-order chi connectivity index (χ0) is 9.97. The van der Waals surface area contributed by atoms with Gasteiger partial charge in [-0.05, 0) is 19.3 Å². The van der Waals surface area contributed by atoms with Gasteiger partial charge in [0.05, 0.1) is 0 Å². The van der Waals surface area contributed by atoms with E-state index in [0.29, 0.717) is 12.3 Å². The number of hydrogen-bond acceptors (Lipinski definition) is 3. The Labute approximate surface area is 86.4 Å². The largest absolute Gasteiger partial charge is 0.307 e. The lowest BCUT2D eigenvalue weighted by atomic mass is 10.0. The first kappa shape index (κ1) is 9.65. The van der Waals surface area contributed by atoms with E-state index in [-0.39, 0.29) is 10.8 Å². The average Bonchev–Trinajstić information content (AvgIpc) is 2.72. The maximum Gasteiger partial charge on any atom is 0.307 e. The Morgan fingerprint density at radius 2 is 2.36 bits per heavy atom. The fourth-order valence-electron chi connectivity index (χ4n) is 1.94. The van der Waals surface area contributed by atoms with Crippen LogP contribution in [-0.2, 0) is 11.3 Å². The highest BCUT2D eigenvalue weighted by Gasteiger charge is 2.23. The summed E-state index contributed by atoms with van der Waals surface area (Å²) >= 11 is 1.21. The van der Waals surface area contributed by atoms with Crippen molar-refractivity contribution in [1.29, 1.82) is 0 Å². The predicted molar refractivity (Wildman–Crippen MR) is 55.5 cm³/mol. The number of rotatable bonds is 3. The monoisotopic (exact) mass is 211 g/mol. The van der Waals surface area contributed by atoms with E-state index in [1.54, 1.807) is 16.1 Å². The number of aromatic nitrogens is 1. The van der Waals surface area contributed by atoms with Crippen LogP contribution >= 0.6 is 11.3 Å². The molecule has 2 rings (SSSR count). The average molecular weight is 211 g/mol. The molecule has 0 bridgehead atoms. The van der Waals surface area contributed by atoms with Crippen molar-refractivity contribution in [2.45, 2.75) is 32.2 Å². The van der Waals surface area contributed by atoms with Crippen LogP contribution in [0.4, 0.5) is 0 Å². The SMILES string of the molecule is O=C1CCCC1CCn1ccsc1=O. The van der Waals surface area contributed by atoms with Gasteiger partial charge >= 0.3 is 4.87 Å². The zero-order valence-corrected chi connectivity index (χ0v) is 8.76. The van der Waals surface area contributed by atoms with Crippen LogP contribution in [0.1, 0.15) is 25.7 Å². The molecule has 76 valence electrons. The predicted octanol–water partition coefficient (Wildman–Crippen LogP) is 1.67. The molecule has 0 radical (unpaired) electrons. The first-order chi connectivity index (χ1) is 6.77. The van der Waals surface area contributed by atoms with E-state index in [4.69, 9.17) is 0 Å². The molecule has 0 aromatic carbocycles. The van der Waals surface area contributed by atoms with Crippen LogP contribution in [-0.4, -0.2) is 10.4 Å². The topological polar surface area (TPSA) is 39.1 Å². The highest BCUT2D eigenvalue weighted by molar-refractivity contribution is 7.07. The minimum atomic E-state index is 0.0791. The standard InChI is InChI=1S/C10H13NO2S/c12-9-3-1-2-8(9)4-5-11-6-7-14-10(11)13/h6-8H,1-5H2. The number of carbonyl (C=O) groups excluding carboxylic acids is 1. The van der Waals surface area contributed by atoms with Gasteiger partial charge in [-0.25, -0.2) is 0 Å². The second-order valence-corrected chi connectivity index (χ2v) is 4.56. The molecule has 1 aromatic heterocycles. The van der Waals surface area contributed by atoms with Crippen molar-refractivity contribution in [2.24, 2.45) is 5.92 Å². The molecule has 1 fully saturated rings. The van der Waals surface area contributed by atoms with E-state index in [1.807, 2.05) is 0 Å². The highest BCUT2D eigenvalue weighted by Crippen LogP contribution is 2.24. The lowest BCUT2D eigenvalue weighted by Crippen LogP contribution is -2.16. The first-order valence-electron chi connectivity index (χ1n) is 4.94. The number of ketones is 1. The second kappa shape index (κ2) is 4.09. The third-order valence-electron chi connectivity index (χ3n) is 2.79. The molecule has 0 saturated heterocycles. The summed E-state index contributed by atoms with van der Waals surface area (Å²) in [6.45, 7) is 0.693. The fourth-order valence-corrected chi connectivity index (χ4v) is 2.56. The van der Waals surface area contributed by atoms with Gasteiger partial charge in [0.2, 0.25) is 0 Å². The zero-order valence-electron chi connectivity index (χ0n) is 7.94. The molecule has 14 heavy (non-hydrogen) atoms. The highest BCUT2D eigenvalue weighted by atomic mass is 32.1. The number of aryl methyl sites for hydroxylation is 1. The van der Waals surface area contributed by atoms with Gasteiger partial charge in [-0.2, -0.15) is 0 Å². The van der Waals surface area contributed by atoms with Gasteiger partial charge in [0.25, 0.3) is 0 Å². The molecular formula is C10H13NO2S. The Hall–Kier alpha value is -0.900. The first-order valence-corrected chi connectivity index (χ1v) is 5.82.